The topological polar surface area (TPSA) is 30.7 Å². The van der Waals surface area contributed by atoms with E-state index in [2.05, 4.69) is 56.7 Å². The average Bonchev–Trinajstić information content (AvgIpc) is 2.71. The molecule has 0 N–H and O–H groups in total. The molecule has 0 radical (unpaired) electrons. The van der Waals surface area contributed by atoms with Crippen molar-refractivity contribution < 1.29 is 0 Å². The molecule has 1 heterocycles. The van der Waals surface area contributed by atoms with Crippen LogP contribution >= 0.6 is 15.9 Å². The van der Waals surface area contributed by atoms with Gasteiger partial charge < -0.3 is 4.57 Å². The first-order valence-corrected chi connectivity index (χ1v) is 6.16. The quantitative estimate of drug-likeness (QED) is 0.862. The summed E-state index contributed by atoms with van der Waals surface area (Å²) in [6.45, 7) is 5.17. The molecule has 1 aromatic carbocycles. The molecule has 2 rings (SSSR count). The van der Waals surface area contributed by atoms with Crippen LogP contribution in [-0.2, 0) is 6.54 Å². The van der Waals surface area contributed by atoms with Gasteiger partial charge >= 0.3 is 0 Å². The Labute approximate surface area is 104 Å². The Morgan fingerprint density at radius 3 is 2.94 bits per heavy atom. The molecule has 0 spiro atoms. The molecule has 4 heteroatoms. The van der Waals surface area contributed by atoms with Crippen molar-refractivity contribution in [3.63, 3.8) is 0 Å². The average molecular weight is 280 g/mol. The summed E-state index contributed by atoms with van der Waals surface area (Å²) in [6.07, 6.45) is 2.86. The summed E-state index contributed by atoms with van der Waals surface area (Å²) in [7, 11) is 0. The summed E-state index contributed by atoms with van der Waals surface area (Å²) in [5.41, 5.74) is 2.31. The third kappa shape index (κ3) is 2.02. The van der Waals surface area contributed by atoms with Crippen molar-refractivity contribution in [3.05, 3.63) is 34.6 Å². The summed E-state index contributed by atoms with van der Waals surface area (Å²) in [5, 5.41) is 8.17. The van der Waals surface area contributed by atoms with Crippen LogP contribution in [0.1, 0.15) is 18.9 Å². The van der Waals surface area contributed by atoms with Crippen LogP contribution in [0.4, 0.5) is 0 Å². The van der Waals surface area contributed by atoms with Crippen molar-refractivity contribution in [2.45, 2.75) is 26.8 Å². The van der Waals surface area contributed by atoms with Gasteiger partial charge in [-0.25, -0.2) is 0 Å². The Hall–Kier alpha value is -1.16. The number of aromatic nitrogens is 3. The van der Waals surface area contributed by atoms with Crippen molar-refractivity contribution >= 4 is 15.9 Å². The minimum Gasteiger partial charge on any atom is -0.314 e. The molecule has 0 bridgehead atoms. The molecule has 0 aliphatic carbocycles. The van der Waals surface area contributed by atoms with E-state index in [1.807, 2.05) is 6.07 Å². The van der Waals surface area contributed by atoms with Gasteiger partial charge in [0.25, 0.3) is 0 Å². The van der Waals surface area contributed by atoms with Crippen molar-refractivity contribution in [1.82, 2.24) is 14.8 Å². The smallest absolute Gasteiger partial charge is 0.164 e. The second kappa shape index (κ2) is 4.78. The first-order valence-electron chi connectivity index (χ1n) is 5.37. The zero-order valence-electron chi connectivity index (χ0n) is 9.44. The van der Waals surface area contributed by atoms with E-state index in [9.17, 15) is 0 Å². The Morgan fingerprint density at radius 2 is 2.19 bits per heavy atom. The molecule has 1 aromatic heterocycles. The molecule has 0 aliphatic heterocycles. The molecule has 0 atom stereocenters. The normalized spacial score (nSPS) is 10.7. The van der Waals surface area contributed by atoms with E-state index in [0.717, 1.165) is 28.8 Å². The maximum atomic E-state index is 4.19. The van der Waals surface area contributed by atoms with E-state index >= 15 is 0 Å². The number of halogens is 1. The number of rotatable bonds is 3. The van der Waals surface area contributed by atoms with Crippen LogP contribution < -0.4 is 0 Å². The fraction of sp³-hybridized carbons (Fsp3) is 0.333. The highest BCUT2D eigenvalue weighted by Crippen LogP contribution is 2.29. The third-order valence-corrected chi connectivity index (χ3v) is 3.57. The number of hydrogen-bond acceptors (Lipinski definition) is 2. The van der Waals surface area contributed by atoms with Crippen molar-refractivity contribution in [1.29, 1.82) is 0 Å². The lowest BCUT2D eigenvalue weighted by molar-refractivity contribution is 0.682. The Morgan fingerprint density at radius 1 is 1.38 bits per heavy atom. The zero-order valence-corrected chi connectivity index (χ0v) is 11.0. The summed E-state index contributed by atoms with van der Waals surface area (Å²) >= 11 is 3.61. The Kier molecular flexibility index (Phi) is 3.39. The van der Waals surface area contributed by atoms with Crippen molar-refractivity contribution in [2.75, 3.05) is 0 Å². The number of hydrogen-bond donors (Lipinski definition) is 0. The lowest BCUT2D eigenvalue weighted by Crippen LogP contribution is -1.99. The largest absolute Gasteiger partial charge is 0.314 e. The molecule has 0 saturated heterocycles. The van der Waals surface area contributed by atoms with Gasteiger partial charge in [-0.15, -0.1) is 10.2 Å². The molecule has 84 valence electrons. The summed E-state index contributed by atoms with van der Waals surface area (Å²) < 4.78 is 3.18. The van der Waals surface area contributed by atoms with E-state index < -0.39 is 0 Å². The first kappa shape index (κ1) is 11.3. The SMILES string of the molecule is CCCn1cnnc1-c1cccc(C)c1Br. The van der Waals surface area contributed by atoms with Crippen LogP contribution in [0.2, 0.25) is 0 Å². The molecule has 0 fully saturated rings. The zero-order chi connectivity index (χ0) is 11.5. The fourth-order valence-electron chi connectivity index (χ4n) is 1.69. The van der Waals surface area contributed by atoms with Gasteiger partial charge in [-0.05, 0) is 34.8 Å². The number of nitrogens with zero attached hydrogens (tertiary/aromatic N) is 3. The predicted octanol–water partition coefficient (Wildman–Crippen LogP) is 3.43. The molecule has 0 amide bonds. The monoisotopic (exact) mass is 279 g/mol. The van der Waals surface area contributed by atoms with Gasteiger partial charge in [0.1, 0.15) is 6.33 Å². The van der Waals surface area contributed by atoms with Crippen LogP contribution in [0, 0.1) is 6.92 Å². The van der Waals surface area contributed by atoms with Gasteiger partial charge in [0.15, 0.2) is 5.82 Å². The molecule has 0 saturated carbocycles. The second-order valence-electron chi connectivity index (χ2n) is 3.78. The van der Waals surface area contributed by atoms with E-state index in [1.54, 1.807) is 6.33 Å². The minimum atomic E-state index is 0.928. The Balaban J connectivity index is 2.50. The fourth-order valence-corrected chi connectivity index (χ4v) is 2.13. The van der Waals surface area contributed by atoms with Gasteiger partial charge in [-0.3, -0.25) is 0 Å². The van der Waals surface area contributed by atoms with E-state index in [1.165, 1.54) is 5.56 Å². The van der Waals surface area contributed by atoms with Gasteiger partial charge in [0.05, 0.1) is 0 Å². The van der Waals surface area contributed by atoms with Gasteiger partial charge in [-0.1, -0.05) is 25.1 Å². The van der Waals surface area contributed by atoms with Crippen LogP contribution in [0.3, 0.4) is 0 Å². The summed E-state index contributed by atoms with van der Waals surface area (Å²) in [6, 6.07) is 6.18. The van der Waals surface area contributed by atoms with E-state index in [4.69, 9.17) is 0 Å². The maximum absolute atomic E-state index is 4.19. The lowest BCUT2D eigenvalue weighted by atomic mass is 10.1. The lowest BCUT2D eigenvalue weighted by Gasteiger charge is -2.08. The molecular formula is C12H14BrN3. The Bertz CT molecular complexity index is 491. The highest BCUT2D eigenvalue weighted by molar-refractivity contribution is 9.10. The number of aryl methyl sites for hydroxylation is 2. The molecule has 3 nitrogen and oxygen atoms in total. The van der Waals surface area contributed by atoms with Crippen LogP contribution in [0.25, 0.3) is 11.4 Å². The van der Waals surface area contributed by atoms with Crippen LogP contribution in [-0.4, -0.2) is 14.8 Å². The second-order valence-corrected chi connectivity index (χ2v) is 4.58. The van der Waals surface area contributed by atoms with Gasteiger partial charge in [0, 0.05) is 16.6 Å². The molecule has 2 aromatic rings. The van der Waals surface area contributed by atoms with Crippen LogP contribution in [0.5, 0.6) is 0 Å². The summed E-state index contributed by atoms with van der Waals surface area (Å²) in [5.74, 6) is 0.928. The van der Waals surface area contributed by atoms with Crippen molar-refractivity contribution in [2.24, 2.45) is 0 Å². The third-order valence-electron chi connectivity index (χ3n) is 2.51. The van der Waals surface area contributed by atoms with Gasteiger partial charge in [-0.2, -0.15) is 0 Å². The highest BCUT2D eigenvalue weighted by Gasteiger charge is 2.11. The molecule has 16 heavy (non-hydrogen) atoms. The highest BCUT2D eigenvalue weighted by atomic mass is 79.9. The molecular weight excluding hydrogens is 266 g/mol. The predicted molar refractivity (Wildman–Crippen MR) is 68.2 cm³/mol. The standard InChI is InChI=1S/C12H14BrN3/c1-3-7-16-8-14-15-12(16)10-6-4-5-9(2)11(10)13/h4-6,8H,3,7H2,1-2H3. The van der Waals surface area contributed by atoms with Crippen molar-refractivity contribution in [3.8, 4) is 11.4 Å². The molecule has 0 aliphatic rings. The maximum Gasteiger partial charge on any atom is 0.164 e. The number of benzene rings is 1. The molecule has 0 unspecified atom stereocenters. The van der Waals surface area contributed by atoms with Crippen LogP contribution in [0.15, 0.2) is 29.0 Å². The first-order chi connectivity index (χ1) is 7.74. The van der Waals surface area contributed by atoms with E-state index in [-0.39, 0.29) is 0 Å². The van der Waals surface area contributed by atoms with Gasteiger partial charge in [0.2, 0.25) is 0 Å². The summed E-state index contributed by atoms with van der Waals surface area (Å²) in [4.78, 5) is 0. The van der Waals surface area contributed by atoms with E-state index in [0.29, 0.717) is 0 Å². The minimum absolute atomic E-state index is 0.928.